The summed E-state index contributed by atoms with van der Waals surface area (Å²) in [4.78, 5) is 5.48. The van der Waals surface area contributed by atoms with Crippen molar-refractivity contribution in [2.24, 2.45) is 0 Å². The molecule has 0 saturated carbocycles. The molecule has 15 aromatic carbocycles. The van der Waals surface area contributed by atoms with Gasteiger partial charge in [0.1, 0.15) is 0 Å². The van der Waals surface area contributed by atoms with Crippen molar-refractivity contribution in [2.75, 3.05) is 9.80 Å². The van der Waals surface area contributed by atoms with Crippen LogP contribution in [0.4, 0.5) is 34.1 Å². The Balaban J connectivity index is 1.03. The number of rotatable bonds is 9. The van der Waals surface area contributed by atoms with Gasteiger partial charge in [0, 0.05) is 65.2 Å². The Morgan fingerprint density at radius 1 is 0.245 bits per heavy atom. The molecule has 0 fully saturated rings. The van der Waals surface area contributed by atoms with Crippen molar-refractivity contribution in [3.05, 3.63) is 332 Å². The second-order valence-electron chi connectivity index (χ2n) is 31.1. The Morgan fingerprint density at radius 3 is 1.05 bits per heavy atom. The molecule has 0 N–H and O–H groups in total. The molecule has 2 nitrogen and oxygen atoms in total. The lowest BCUT2D eigenvalue weighted by molar-refractivity contribution is 0.590. The van der Waals surface area contributed by atoms with Crippen LogP contribution in [0.2, 0.25) is 0 Å². The maximum Gasteiger partial charge on any atom is 0.252 e. The molecular formula is C98H79BN2S. The maximum absolute atomic E-state index is 2.75. The number of thiophene rings is 1. The number of hydrogen-bond donors (Lipinski definition) is 0. The highest BCUT2D eigenvalue weighted by Gasteiger charge is 2.47. The lowest BCUT2D eigenvalue weighted by Crippen LogP contribution is -2.61. The van der Waals surface area contributed by atoms with Crippen molar-refractivity contribution < 1.29 is 0 Å². The lowest BCUT2D eigenvalue weighted by atomic mass is 9.33. The molecule has 0 aliphatic carbocycles. The highest BCUT2D eigenvalue weighted by molar-refractivity contribution is 7.25. The molecular weight excluding hydrogens is 1250 g/mol. The molecule has 0 saturated heterocycles. The maximum atomic E-state index is 2.75. The zero-order valence-corrected chi connectivity index (χ0v) is 60.2. The molecule has 0 atom stereocenters. The van der Waals surface area contributed by atoms with E-state index in [0.29, 0.717) is 0 Å². The first-order chi connectivity index (χ1) is 49.5. The summed E-state index contributed by atoms with van der Waals surface area (Å²) in [5.41, 5.74) is 30.5. The topological polar surface area (TPSA) is 6.48 Å². The quantitative estimate of drug-likeness (QED) is 0.105. The van der Waals surface area contributed by atoms with Gasteiger partial charge in [0.15, 0.2) is 0 Å². The van der Waals surface area contributed by atoms with Gasteiger partial charge in [0.05, 0.1) is 11.4 Å². The average Bonchev–Trinajstić information content (AvgIpc) is 0.748. The number of fused-ring (bicyclic) bond motifs is 9. The van der Waals surface area contributed by atoms with Crippen molar-refractivity contribution in [2.45, 2.75) is 78.6 Å². The fourth-order valence-electron chi connectivity index (χ4n) is 16.5. The summed E-state index contributed by atoms with van der Waals surface area (Å²) in [5.74, 6) is 0. The van der Waals surface area contributed by atoms with Gasteiger partial charge >= 0.3 is 0 Å². The molecule has 2 aliphatic rings. The fourth-order valence-corrected chi connectivity index (χ4v) is 17.6. The summed E-state index contributed by atoms with van der Waals surface area (Å²) in [6.45, 7) is 21.1. The van der Waals surface area contributed by atoms with Gasteiger partial charge in [-0.05, 0) is 193 Å². The van der Waals surface area contributed by atoms with E-state index in [4.69, 9.17) is 0 Å². The summed E-state index contributed by atoms with van der Waals surface area (Å²) in [6.07, 6.45) is 0. The van der Waals surface area contributed by atoms with E-state index in [-0.39, 0.29) is 23.0 Å². The van der Waals surface area contributed by atoms with Gasteiger partial charge in [-0.2, -0.15) is 0 Å². The van der Waals surface area contributed by atoms with E-state index in [1.54, 1.807) is 0 Å². The predicted octanol–water partition coefficient (Wildman–Crippen LogP) is 26.0. The van der Waals surface area contributed by atoms with Gasteiger partial charge in [-0.25, -0.2) is 0 Å². The van der Waals surface area contributed by atoms with E-state index in [0.717, 1.165) is 39.4 Å². The SMILES string of the molecule is CC(C)(C)c1cc(-c2ccccc2)c(N2c3ccc(-c4ccc5sc6ccccc6c5c4)cc3B3c4ccc(-c5c6ccccc6c(-c6ccccc6)c6ccccc56)cc4N(c4c(-c5ccccc5)cc(C(C)(C)C)cc4-c4ccccc4)c4cc(C(C)(C)C)cc2c43)c(-c2ccccc2)c1. The molecule has 4 heteroatoms. The van der Waals surface area contributed by atoms with Gasteiger partial charge in [-0.15, -0.1) is 11.3 Å². The monoisotopic (exact) mass is 1330 g/mol. The molecule has 0 spiro atoms. The second kappa shape index (κ2) is 24.2. The number of anilines is 6. The minimum Gasteiger partial charge on any atom is -0.310 e. The second-order valence-corrected chi connectivity index (χ2v) is 32.2. The summed E-state index contributed by atoms with van der Waals surface area (Å²) in [5, 5.41) is 7.49. The van der Waals surface area contributed by atoms with Crippen molar-refractivity contribution in [3.8, 4) is 77.9 Å². The first kappa shape index (κ1) is 62.9. The first-order valence-corrected chi connectivity index (χ1v) is 36.9. The average molecular weight is 1330 g/mol. The van der Waals surface area contributed by atoms with E-state index >= 15 is 0 Å². The highest BCUT2D eigenvalue weighted by atomic mass is 32.1. The molecule has 3 heterocycles. The van der Waals surface area contributed by atoms with Crippen molar-refractivity contribution in [1.29, 1.82) is 0 Å². The van der Waals surface area contributed by atoms with Crippen molar-refractivity contribution in [3.63, 3.8) is 0 Å². The van der Waals surface area contributed by atoms with E-state index in [1.807, 2.05) is 11.3 Å². The lowest BCUT2D eigenvalue weighted by Gasteiger charge is -2.47. The molecule has 2 aliphatic heterocycles. The van der Waals surface area contributed by atoms with Crippen LogP contribution in [0.15, 0.2) is 315 Å². The molecule has 16 aromatic rings. The molecule has 102 heavy (non-hydrogen) atoms. The summed E-state index contributed by atoms with van der Waals surface area (Å²) < 4.78 is 2.60. The van der Waals surface area contributed by atoms with E-state index in [9.17, 15) is 0 Å². The van der Waals surface area contributed by atoms with Crippen molar-refractivity contribution >= 4 is 110 Å². The number of hydrogen-bond acceptors (Lipinski definition) is 3. The molecule has 1 aromatic heterocycles. The Morgan fingerprint density at radius 2 is 0.598 bits per heavy atom. The third-order valence-corrected chi connectivity index (χ3v) is 22.8. The summed E-state index contributed by atoms with van der Waals surface area (Å²) in [7, 11) is 0. The van der Waals surface area contributed by atoms with E-state index in [1.165, 1.54) is 147 Å². The van der Waals surface area contributed by atoms with E-state index in [2.05, 4.69) is 388 Å². The minimum atomic E-state index is -0.311. The van der Waals surface area contributed by atoms with Crippen molar-refractivity contribution in [1.82, 2.24) is 0 Å². The minimum absolute atomic E-state index is 0.174. The normalized spacial score (nSPS) is 12.9. The van der Waals surface area contributed by atoms with Crippen LogP contribution >= 0.6 is 11.3 Å². The third-order valence-electron chi connectivity index (χ3n) is 21.7. The zero-order chi connectivity index (χ0) is 69.3. The van der Waals surface area contributed by atoms with Gasteiger partial charge in [0.2, 0.25) is 0 Å². The van der Waals surface area contributed by atoms with Crippen LogP contribution in [0.1, 0.15) is 79.0 Å². The number of nitrogens with zero attached hydrogens (tertiary/aromatic N) is 2. The molecule has 490 valence electrons. The van der Waals surface area contributed by atoms with Crippen LogP contribution in [0, 0.1) is 0 Å². The molecule has 0 amide bonds. The third kappa shape index (κ3) is 10.5. The molecule has 0 bridgehead atoms. The summed E-state index contributed by atoms with van der Waals surface area (Å²) in [6, 6.07) is 121. The fraction of sp³-hybridized carbons (Fsp3) is 0.122. The molecule has 0 unspecified atom stereocenters. The van der Waals surface area contributed by atoms with Crippen LogP contribution in [0.25, 0.3) is 120 Å². The highest BCUT2D eigenvalue weighted by Crippen LogP contribution is 2.56. The Labute approximate surface area is 604 Å². The van der Waals surface area contributed by atoms with Crippen LogP contribution < -0.4 is 26.2 Å². The standard InChI is InChI=1S/C98H79BN2S/c1-96(2,3)70-56-78(62-31-15-10-16-32-62)94(79(57-70)63-33-17-11-18-34-63)100-85-51-48-68(67-49-52-90-82(53-67)73-41-29-30-46-89(73)102-90)54-84(85)99-83-50-47-69(92-76-44-27-25-42-74(76)91(66-39-23-14-24-40-66)75-43-26-28-45-77(75)92)55-86(83)101(88-61-72(98(7,8)9)60-87(100)93(88)99)95-80(64-35-19-12-20-36-64)58-71(97(4,5)6)59-81(95)65-37-21-13-22-38-65/h10-61H,1-9H3. The van der Waals surface area contributed by atoms with Gasteiger partial charge in [-0.1, -0.05) is 311 Å². The zero-order valence-electron chi connectivity index (χ0n) is 59.4. The first-order valence-electron chi connectivity index (χ1n) is 36.1. The summed E-state index contributed by atoms with van der Waals surface area (Å²) >= 11 is 1.88. The van der Waals surface area contributed by atoms with Crippen LogP contribution in [0.5, 0.6) is 0 Å². The van der Waals surface area contributed by atoms with Gasteiger partial charge in [0.25, 0.3) is 6.71 Å². The van der Waals surface area contributed by atoms with Crippen LogP contribution in [-0.4, -0.2) is 6.71 Å². The predicted molar refractivity (Wildman–Crippen MR) is 443 cm³/mol. The molecule has 0 radical (unpaired) electrons. The molecule has 18 rings (SSSR count). The van der Waals surface area contributed by atoms with Crippen LogP contribution in [0.3, 0.4) is 0 Å². The Hall–Kier alpha value is -11.3. The largest absolute Gasteiger partial charge is 0.310 e. The Kier molecular flexibility index (Phi) is 14.9. The number of benzene rings is 15. The van der Waals surface area contributed by atoms with Crippen LogP contribution in [-0.2, 0) is 16.2 Å². The van der Waals surface area contributed by atoms with E-state index < -0.39 is 0 Å². The van der Waals surface area contributed by atoms with Gasteiger partial charge in [-0.3, -0.25) is 0 Å². The Bertz CT molecular complexity index is 5810. The van der Waals surface area contributed by atoms with Gasteiger partial charge < -0.3 is 9.80 Å². The smallest absolute Gasteiger partial charge is 0.252 e.